The van der Waals surface area contributed by atoms with Crippen LogP contribution < -0.4 is 5.32 Å². The summed E-state index contributed by atoms with van der Waals surface area (Å²) in [6.45, 7) is 9.81. The summed E-state index contributed by atoms with van der Waals surface area (Å²) in [6, 6.07) is 9.02. The average Bonchev–Trinajstić information content (AvgIpc) is 3.16. The lowest BCUT2D eigenvalue weighted by Crippen LogP contribution is -2.38. The lowest BCUT2D eigenvalue weighted by Gasteiger charge is -2.31. The molecule has 1 saturated heterocycles. The Kier molecular flexibility index (Phi) is 7.08. The first kappa shape index (κ1) is 21.6. The summed E-state index contributed by atoms with van der Waals surface area (Å²) in [6.07, 6.45) is 7.99. The smallest absolute Gasteiger partial charge is 0.122 e. The van der Waals surface area contributed by atoms with Gasteiger partial charge in [0.05, 0.1) is 6.54 Å². The molecule has 1 saturated carbocycles. The average molecular weight is 423 g/mol. The number of benzene rings is 1. The molecule has 2 heterocycles. The SMILES string of the molecule is CCn1ccnc1CN(CC(C)c1cccc(Cl)c1)C1CC12CCNCC2.Cl. The molecule has 1 spiro atoms. The Balaban J connectivity index is 0.00000225. The molecule has 2 fully saturated rings. The van der Waals surface area contributed by atoms with Gasteiger partial charge >= 0.3 is 0 Å². The molecule has 28 heavy (non-hydrogen) atoms. The van der Waals surface area contributed by atoms with Crippen LogP contribution in [0.25, 0.3) is 0 Å². The van der Waals surface area contributed by atoms with Crippen LogP contribution in [0, 0.1) is 5.41 Å². The molecule has 4 nitrogen and oxygen atoms in total. The van der Waals surface area contributed by atoms with Crippen LogP contribution in [0.4, 0.5) is 0 Å². The number of halogens is 2. The zero-order chi connectivity index (χ0) is 18.9. The van der Waals surface area contributed by atoms with Crippen LogP contribution in [0.3, 0.4) is 0 Å². The van der Waals surface area contributed by atoms with Gasteiger partial charge in [0, 0.05) is 36.5 Å². The van der Waals surface area contributed by atoms with Crippen LogP contribution in [0.5, 0.6) is 0 Å². The van der Waals surface area contributed by atoms with Gasteiger partial charge in [0.25, 0.3) is 0 Å². The van der Waals surface area contributed by atoms with Gasteiger partial charge < -0.3 is 9.88 Å². The van der Waals surface area contributed by atoms with Crippen molar-refractivity contribution in [2.45, 2.75) is 58.2 Å². The van der Waals surface area contributed by atoms with Gasteiger partial charge in [-0.1, -0.05) is 30.7 Å². The lowest BCUT2D eigenvalue weighted by molar-refractivity contribution is 0.182. The largest absolute Gasteiger partial charge is 0.334 e. The van der Waals surface area contributed by atoms with Gasteiger partial charge in [-0.25, -0.2) is 4.98 Å². The highest BCUT2D eigenvalue weighted by atomic mass is 35.5. The Morgan fingerprint density at radius 2 is 2.14 bits per heavy atom. The first-order valence-corrected chi connectivity index (χ1v) is 10.7. The summed E-state index contributed by atoms with van der Waals surface area (Å²) in [4.78, 5) is 7.35. The second-order valence-electron chi connectivity index (χ2n) is 8.35. The third kappa shape index (κ3) is 4.56. The van der Waals surface area contributed by atoms with Gasteiger partial charge in [-0.15, -0.1) is 12.4 Å². The molecule has 154 valence electrons. The van der Waals surface area contributed by atoms with E-state index in [0.717, 1.165) is 37.7 Å². The molecule has 1 aliphatic heterocycles. The van der Waals surface area contributed by atoms with Gasteiger partial charge in [-0.2, -0.15) is 0 Å². The Morgan fingerprint density at radius 1 is 1.36 bits per heavy atom. The topological polar surface area (TPSA) is 33.1 Å². The minimum Gasteiger partial charge on any atom is -0.334 e. The molecule has 1 aromatic carbocycles. The second-order valence-corrected chi connectivity index (χ2v) is 8.78. The highest BCUT2D eigenvalue weighted by Crippen LogP contribution is 2.56. The fourth-order valence-corrected chi connectivity index (χ4v) is 5.04. The zero-order valence-electron chi connectivity index (χ0n) is 16.9. The van der Waals surface area contributed by atoms with E-state index >= 15 is 0 Å². The monoisotopic (exact) mass is 422 g/mol. The van der Waals surface area contributed by atoms with Crippen LogP contribution in [-0.2, 0) is 13.1 Å². The second kappa shape index (κ2) is 9.17. The lowest BCUT2D eigenvalue weighted by atomic mass is 9.93. The summed E-state index contributed by atoms with van der Waals surface area (Å²) in [5.41, 5.74) is 1.86. The first-order valence-electron chi connectivity index (χ1n) is 10.3. The molecule has 2 unspecified atom stereocenters. The molecular weight excluding hydrogens is 391 g/mol. The Hall–Kier alpha value is -1.07. The number of aryl methyl sites for hydroxylation is 1. The third-order valence-electron chi connectivity index (χ3n) is 6.60. The van der Waals surface area contributed by atoms with Crippen LogP contribution >= 0.6 is 24.0 Å². The van der Waals surface area contributed by atoms with Crippen LogP contribution in [0.1, 0.15) is 50.4 Å². The molecule has 0 radical (unpaired) electrons. The Bertz CT molecular complexity index is 769. The van der Waals surface area contributed by atoms with E-state index < -0.39 is 0 Å². The molecule has 2 aliphatic rings. The predicted molar refractivity (Wildman–Crippen MR) is 118 cm³/mol. The number of rotatable bonds is 7. The van der Waals surface area contributed by atoms with Gasteiger partial charge in [0.2, 0.25) is 0 Å². The van der Waals surface area contributed by atoms with Crippen molar-refractivity contribution < 1.29 is 0 Å². The van der Waals surface area contributed by atoms with E-state index in [1.54, 1.807) is 0 Å². The van der Waals surface area contributed by atoms with Crippen LogP contribution in [0.2, 0.25) is 5.02 Å². The number of nitrogens with zero attached hydrogens (tertiary/aromatic N) is 3. The van der Waals surface area contributed by atoms with Crippen molar-refractivity contribution in [2.24, 2.45) is 5.41 Å². The van der Waals surface area contributed by atoms with Crippen molar-refractivity contribution in [3.8, 4) is 0 Å². The van der Waals surface area contributed by atoms with E-state index in [0.29, 0.717) is 17.4 Å². The molecule has 1 N–H and O–H groups in total. The van der Waals surface area contributed by atoms with E-state index in [9.17, 15) is 0 Å². The summed E-state index contributed by atoms with van der Waals surface area (Å²) in [7, 11) is 0. The maximum atomic E-state index is 6.24. The van der Waals surface area contributed by atoms with E-state index in [1.807, 2.05) is 12.3 Å². The number of imidazole rings is 1. The summed E-state index contributed by atoms with van der Waals surface area (Å²) < 4.78 is 2.27. The molecule has 1 aromatic heterocycles. The van der Waals surface area contributed by atoms with E-state index in [-0.39, 0.29) is 12.4 Å². The number of piperidine rings is 1. The zero-order valence-corrected chi connectivity index (χ0v) is 18.5. The molecule has 0 amide bonds. The van der Waals surface area contributed by atoms with E-state index in [1.165, 1.54) is 30.7 Å². The molecule has 0 bridgehead atoms. The summed E-state index contributed by atoms with van der Waals surface area (Å²) >= 11 is 6.24. The molecular formula is C22H32Cl2N4. The van der Waals surface area contributed by atoms with Crippen molar-refractivity contribution in [1.82, 2.24) is 19.8 Å². The molecule has 2 aromatic rings. The number of hydrogen-bond donors (Lipinski definition) is 1. The first-order chi connectivity index (χ1) is 13.1. The van der Waals surface area contributed by atoms with E-state index in [4.69, 9.17) is 11.6 Å². The number of aromatic nitrogens is 2. The van der Waals surface area contributed by atoms with Gasteiger partial charge in [0.1, 0.15) is 5.82 Å². The van der Waals surface area contributed by atoms with Crippen molar-refractivity contribution in [2.75, 3.05) is 19.6 Å². The fraction of sp³-hybridized carbons (Fsp3) is 0.591. The van der Waals surface area contributed by atoms with Gasteiger partial charge in [0.15, 0.2) is 0 Å². The maximum absolute atomic E-state index is 6.24. The predicted octanol–water partition coefficient (Wildman–Crippen LogP) is 4.73. The van der Waals surface area contributed by atoms with Crippen molar-refractivity contribution in [3.63, 3.8) is 0 Å². The Labute approximate surface area is 180 Å². The highest BCUT2D eigenvalue weighted by Gasteiger charge is 2.56. The molecule has 1 aliphatic carbocycles. The molecule has 4 rings (SSSR count). The van der Waals surface area contributed by atoms with E-state index in [2.05, 4.69) is 58.0 Å². The summed E-state index contributed by atoms with van der Waals surface area (Å²) in [5.74, 6) is 1.64. The van der Waals surface area contributed by atoms with Gasteiger partial charge in [-0.05, 0) is 68.3 Å². The van der Waals surface area contributed by atoms with Crippen molar-refractivity contribution >= 4 is 24.0 Å². The van der Waals surface area contributed by atoms with Gasteiger partial charge in [-0.3, -0.25) is 4.90 Å². The van der Waals surface area contributed by atoms with Crippen molar-refractivity contribution in [3.05, 3.63) is 53.1 Å². The quantitative estimate of drug-likeness (QED) is 0.699. The minimum atomic E-state index is 0. The normalized spacial score (nSPS) is 21.5. The molecule has 6 heteroatoms. The van der Waals surface area contributed by atoms with Crippen LogP contribution in [0.15, 0.2) is 36.7 Å². The standard InChI is InChI=1S/C22H31ClN4.ClH/c1-3-26-12-11-25-21(26)16-27(20-14-22(20)7-9-24-10-8-22)15-17(2)18-5-4-6-19(23)13-18;/h4-6,11-13,17,20,24H,3,7-10,14-16H2,1-2H3;1H. The maximum Gasteiger partial charge on any atom is 0.122 e. The summed E-state index contributed by atoms with van der Waals surface area (Å²) in [5, 5.41) is 4.35. The Morgan fingerprint density at radius 3 is 2.86 bits per heavy atom. The third-order valence-corrected chi connectivity index (χ3v) is 6.83. The van der Waals surface area contributed by atoms with Crippen molar-refractivity contribution in [1.29, 1.82) is 0 Å². The fourth-order valence-electron chi connectivity index (χ4n) is 4.84. The number of nitrogens with one attached hydrogen (secondary N) is 1. The van der Waals surface area contributed by atoms with Crippen LogP contribution in [-0.4, -0.2) is 40.1 Å². The highest BCUT2D eigenvalue weighted by molar-refractivity contribution is 6.30. The minimum absolute atomic E-state index is 0. The molecule has 2 atom stereocenters. The number of hydrogen-bond acceptors (Lipinski definition) is 3.